The van der Waals surface area contributed by atoms with Gasteiger partial charge in [0.15, 0.2) is 0 Å². The summed E-state index contributed by atoms with van der Waals surface area (Å²) in [6.45, 7) is 0.584. The van der Waals surface area contributed by atoms with Crippen LogP contribution >= 0.6 is 12.1 Å². The van der Waals surface area contributed by atoms with Crippen LogP contribution in [0.3, 0.4) is 0 Å². The second-order valence-corrected chi connectivity index (χ2v) is 2.26. The van der Waals surface area contributed by atoms with Crippen molar-refractivity contribution in [3.8, 4) is 0 Å². The molecule has 0 amide bonds. The van der Waals surface area contributed by atoms with Crippen LogP contribution in [0, 0.1) is 0 Å². The monoisotopic (exact) mass is 135 g/mol. The first kappa shape index (κ1) is 6.31. The highest BCUT2D eigenvalue weighted by Gasteiger charge is 2.27. The van der Waals surface area contributed by atoms with Crippen LogP contribution in [0.1, 0.15) is 6.42 Å². The Morgan fingerprint density at radius 2 is 2.38 bits per heavy atom. The van der Waals surface area contributed by atoms with Crippen molar-refractivity contribution in [1.82, 2.24) is 9.44 Å². The molecule has 3 N–H and O–H groups in total. The molecule has 1 radical (unpaired) electrons. The molecular formula is C3H7N2O2S. The first-order valence-electron chi connectivity index (χ1n) is 2.26. The SMILES string of the molecule is OC1(O)CCNS[N]1. The van der Waals surface area contributed by atoms with Crippen LogP contribution in [0.15, 0.2) is 0 Å². The van der Waals surface area contributed by atoms with Gasteiger partial charge in [0.2, 0.25) is 0 Å². The quantitative estimate of drug-likeness (QED) is 0.288. The van der Waals surface area contributed by atoms with Gasteiger partial charge in [-0.3, -0.25) is 0 Å². The lowest BCUT2D eigenvalue weighted by atomic mass is 10.3. The van der Waals surface area contributed by atoms with E-state index in [-0.39, 0.29) is 6.42 Å². The molecule has 0 atom stereocenters. The fourth-order valence-corrected chi connectivity index (χ4v) is 0.911. The lowest BCUT2D eigenvalue weighted by Crippen LogP contribution is -2.43. The van der Waals surface area contributed by atoms with E-state index in [1.54, 1.807) is 0 Å². The van der Waals surface area contributed by atoms with Gasteiger partial charge in [0.25, 0.3) is 5.91 Å². The number of hydrogen-bond donors (Lipinski definition) is 3. The largest absolute Gasteiger partial charge is 0.352 e. The Morgan fingerprint density at radius 3 is 2.62 bits per heavy atom. The molecular weight excluding hydrogens is 128 g/mol. The zero-order valence-corrected chi connectivity index (χ0v) is 4.98. The Labute approximate surface area is 51.5 Å². The molecule has 0 aromatic rings. The van der Waals surface area contributed by atoms with E-state index in [1.165, 1.54) is 0 Å². The van der Waals surface area contributed by atoms with Crippen molar-refractivity contribution in [3.63, 3.8) is 0 Å². The van der Waals surface area contributed by atoms with Crippen molar-refractivity contribution in [2.75, 3.05) is 6.54 Å². The molecule has 4 nitrogen and oxygen atoms in total. The molecule has 1 aliphatic heterocycles. The molecule has 0 bridgehead atoms. The second-order valence-electron chi connectivity index (χ2n) is 1.60. The Kier molecular flexibility index (Phi) is 1.74. The summed E-state index contributed by atoms with van der Waals surface area (Å²) in [6.07, 6.45) is 0.264. The van der Waals surface area contributed by atoms with Gasteiger partial charge in [-0.25, -0.2) is 4.72 Å². The maximum absolute atomic E-state index is 8.70. The number of hydrogen-bond acceptors (Lipinski definition) is 4. The smallest absolute Gasteiger partial charge is 0.251 e. The third-order valence-electron chi connectivity index (χ3n) is 0.819. The van der Waals surface area contributed by atoms with Crippen molar-refractivity contribution >= 4 is 12.1 Å². The van der Waals surface area contributed by atoms with Crippen molar-refractivity contribution in [1.29, 1.82) is 0 Å². The standard InChI is InChI=1S/C3H7N2O2S/c6-3(7)1-2-4-8-5-3/h4,6-7H,1-2H2. The van der Waals surface area contributed by atoms with Crippen LogP contribution in [0.4, 0.5) is 0 Å². The molecule has 1 heterocycles. The summed E-state index contributed by atoms with van der Waals surface area (Å²) in [5, 5.41) is 17.4. The van der Waals surface area contributed by atoms with Crippen LogP contribution in [-0.2, 0) is 0 Å². The van der Waals surface area contributed by atoms with Gasteiger partial charge >= 0.3 is 0 Å². The molecule has 1 rings (SSSR count). The predicted octanol–water partition coefficient (Wildman–Crippen LogP) is -1.21. The first-order chi connectivity index (χ1) is 3.71. The molecule has 5 heteroatoms. The van der Waals surface area contributed by atoms with Gasteiger partial charge in [-0.2, -0.15) is 0 Å². The minimum atomic E-state index is -1.80. The van der Waals surface area contributed by atoms with Crippen molar-refractivity contribution < 1.29 is 10.2 Å². The summed E-state index contributed by atoms with van der Waals surface area (Å²) < 4.78 is 6.15. The van der Waals surface area contributed by atoms with Gasteiger partial charge in [0.05, 0.1) is 0 Å². The predicted molar refractivity (Wildman–Crippen MR) is 29.5 cm³/mol. The maximum atomic E-state index is 8.70. The normalized spacial score (nSPS) is 27.8. The second kappa shape index (κ2) is 2.20. The van der Waals surface area contributed by atoms with Crippen molar-refractivity contribution in [2.24, 2.45) is 0 Å². The fourth-order valence-electron chi connectivity index (χ4n) is 0.415. The maximum Gasteiger partial charge on any atom is 0.251 e. The molecule has 0 spiro atoms. The number of aliphatic hydroxyl groups is 2. The first-order valence-corrected chi connectivity index (χ1v) is 3.04. The number of nitrogens with zero attached hydrogens (tertiary/aromatic N) is 1. The van der Waals surface area contributed by atoms with Gasteiger partial charge in [-0.05, 0) is 0 Å². The van der Waals surface area contributed by atoms with Gasteiger partial charge in [0, 0.05) is 25.1 Å². The summed E-state index contributed by atoms with van der Waals surface area (Å²) in [5.41, 5.74) is 0. The van der Waals surface area contributed by atoms with E-state index in [2.05, 4.69) is 9.44 Å². The van der Waals surface area contributed by atoms with E-state index in [0.717, 1.165) is 12.1 Å². The Bertz CT molecular complexity index is 79.4. The molecule has 0 unspecified atom stereocenters. The lowest BCUT2D eigenvalue weighted by molar-refractivity contribution is -0.175. The average molecular weight is 135 g/mol. The van der Waals surface area contributed by atoms with Crippen LogP contribution < -0.4 is 9.44 Å². The van der Waals surface area contributed by atoms with Gasteiger partial charge < -0.3 is 10.2 Å². The van der Waals surface area contributed by atoms with E-state index in [9.17, 15) is 0 Å². The van der Waals surface area contributed by atoms with Crippen LogP contribution in [0.25, 0.3) is 0 Å². The molecule has 1 aliphatic rings. The van der Waals surface area contributed by atoms with E-state index in [1.807, 2.05) is 0 Å². The Balaban J connectivity index is 2.33. The highest BCUT2D eigenvalue weighted by Crippen LogP contribution is 2.11. The van der Waals surface area contributed by atoms with Crippen LogP contribution in [-0.4, -0.2) is 22.7 Å². The summed E-state index contributed by atoms with van der Waals surface area (Å²) in [6, 6.07) is 0. The average Bonchev–Trinajstić information content (AvgIpc) is 1.65. The fraction of sp³-hybridized carbons (Fsp3) is 1.00. The van der Waals surface area contributed by atoms with E-state index < -0.39 is 5.91 Å². The number of nitrogens with one attached hydrogen (secondary N) is 1. The van der Waals surface area contributed by atoms with E-state index in [4.69, 9.17) is 10.2 Å². The molecule has 0 aromatic heterocycles. The minimum absolute atomic E-state index is 0.264. The molecule has 0 aliphatic carbocycles. The molecule has 0 saturated carbocycles. The van der Waals surface area contributed by atoms with Crippen LogP contribution in [0.2, 0.25) is 0 Å². The van der Waals surface area contributed by atoms with Crippen molar-refractivity contribution in [3.05, 3.63) is 0 Å². The third kappa shape index (κ3) is 1.61. The highest BCUT2D eigenvalue weighted by molar-refractivity contribution is 7.95. The topological polar surface area (TPSA) is 66.6 Å². The minimum Gasteiger partial charge on any atom is -0.352 e. The summed E-state index contributed by atoms with van der Waals surface area (Å²) >= 11 is 0.977. The van der Waals surface area contributed by atoms with Gasteiger partial charge in [0.1, 0.15) is 0 Å². The zero-order chi connectivity index (χ0) is 6.04. The summed E-state index contributed by atoms with van der Waals surface area (Å²) in [7, 11) is 0. The van der Waals surface area contributed by atoms with E-state index >= 15 is 0 Å². The Morgan fingerprint density at radius 1 is 1.62 bits per heavy atom. The summed E-state index contributed by atoms with van der Waals surface area (Å²) in [5.74, 6) is -1.80. The van der Waals surface area contributed by atoms with Crippen molar-refractivity contribution in [2.45, 2.75) is 12.3 Å². The molecule has 47 valence electrons. The molecule has 1 saturated heterocycles. The molecule has 0 aromatic carbocycles. The summed E-state index contributed by atoms with van der Waals surface area (Å²) in [4.78, 5) is 0. The Hall–Kier alpha value is 0.190. The number of rotatable bonds is 0. The van der Waals surface area contributed by atoms with Gasteiger partial charge in [-0.15, -0.1) is 0 Å². The molecule has 8 heavy (non-hydrogen) atoms. The highest BCUT2D eigenvalue weighted by atomic mass is 32.2. The van der Waals surface area contributed by atoms with E-state index in [0.29, 0.717) is 6.54 Å². The molecule has 1 fully saturated rings. The van der Waals surface area contributed by atoms with Gasteiger partial charge in [-0.1, -0.05) is 4.72 Å². The third-order valence-corrected chi connectivity index (χ3v) is 1.54. The zero-order valence-electron chi connectivity index (χ0n) is 4.16. The lowest BCUT2D eigenvalue weighted by Gasteiger charge is -2.24. The van der Waals surface area contributed by atoms with Crippen LogP contribution in [0.5, 0.6) is 0 Å².